The molecule has 21 heavy (non-hydrogen) atoms. The molecule has 1 aliphatic carbocycles. The van der Waals surface area contributed by atoms with Crippen LogP contribution in [0.25, 0.3) is 0 Å². The number of anilines is 1. The first-order valence-corrected chi connectivity index (χ1v) is 7.10. The fourth-order valence-corrected chi connectivity index (χ4v) is 2.74. The van der Waals surface area contributed by atoms with Gasteiger partial charge < -0.3 is 5.32 Å². The SMILES string of the molecule is Cc1ccc(NC(=O)C2(c3cccc(F)c3)CCC2)nc1. The minimum Gasteiger partial charge on any atom is -0.310 e. The third-order valence-corrected chi connectivity index (χ3v) is 4.17. The second kappa shape index (κ2) is 5.28. The Morgan fingerprint density at radius 2 is 2.10 bits per heavy atom. The maximum Gasteiger partial charge on any atom is 0.236 e. The molecule has 0 aliphatic heterocycles. The maximum atomic E-state index is 13.4. The van der Waals surface area contributed by atoms with Gasteiger partial charge in [-0.15, -0.1) is 0 Å². The first kappa shape index (κ1) is 13.7. The van der Waals surface area contributed by atoms with Gasteiger partial charge in [0.2, 0.25) is 5.91 Å². The molecule has 3 rings (SSSR count). The summed E-state index contributed by atoms with van der Waals surface area (Å²) in [5.41, 5.74) is 1.17. The Labute approximate surface area is 123 Å². The molecule has 4 heteroatoms. The van der Waals surface area contributed by atoms with Crippen LogP contribution in [-0.2, 0) is 10.2 Å². The molecule has 0 unspecified atom stereocenters. The van der Waals surface area contributed by atoms with Crippen LogP contribution in [0.15, 0.2) is 42.6 Å². The fourth-order valence-electron chi connectivity index (χ4n) is 2.74. The van der Waals surface area contributed by atoms with Crippen molar-refractivity contribution in [2.24, 2.45) is 0 Å². The molecule has 0 bridgehead atoms. The van der Waals surface area contributed by atoms with Crippen LogP contribution in [0.2, 0.25) is 0 Å². The number of carbonyl (C=O) groups excluding carboxylic acids is 1. The van der Waals surface area contributed by atoms with E-state index >= 15 is 0 Å². The van der Waals surface area contributed by atoms with Gasteiger partial charge in [-0.2, -0.15) is 0 Å². The van der Waals surface area contributed by atoms with Crippen LogP contribution < -0.4 is 5.32 Å². The number of nitrogens with one attached hydrogen (secondary N) is 1. The molecular formula is C17H17FN2O. The van der Waals surface area contributed by atoms with Crippen molar-refractivity contribution >= 4 is 11.7 Å². The molecule has 1 aromatic carbocycles. The monoisotopic (exact) mass is 284 g/mol. The quantitative estimate of drug-likeness (QED) is 0.936. The lowest BCUT2D eigenvalue weighted by molar-refractivity contribution is -0.124. The highest BCUT2D eigenvalue weighted by atomic mass is 19.1. The highest BCUT2D eigenvalue weighted by molar-refractivity contribution is 5.99. The number of carbonyl (C=O) groups is 1. The van der Waals surface area contributed by atoms with E-state index in [1.165, 1.54) is 12.1 Å². The maximum absolute atomic E-state index is 13.4. The Morgan fingerprint density at radius 3 is 2.67 bits per heavy atom. The van der Waals surface area contributed by atoms with Crippen molar-refractivity contribution < 1.29 is 9.18 Å². The lowest BCUT2D eigenvalue weighted by Gasteiger charge is -2.40. The number of nitrogens with zero attached hydrogens (tertiary/aromatic N) is 1. The molecule has 1 amide bonds. The van der Waals surface area contributed by atoms with Gasteiger partial charge in [-0.25, -0.2) is 9.37 Å². The lowest BCUT2D eigenvalue weighted by atomic mass is 9.64. The molecular weight excluding hydrogens is 267 g/mol. The third kappa shape index (κ3) is 2.53. The molecule has 1 heterocycles. The molecule has 108 valence electrons. The zero-order valence-electron chi connectivity index (χ0n) is 11.9. The van der Waals surface area contributed by atoms with Crippen LogP contribution >= 0.6 is 0 Å². The zero-order chi connectivity index (χ0) is 14.9. The van der Waals surface area contributed by atoms with Gasteiger partial charge in [0.15, 0.2) is 0 Å². The van der Waals surface area contributed by atoms with Gasteiger partial charge in [0.05, 0.1) is 5.41 Å². The minimum absolute atomic E-state index is 0.101. The molecule has 1 N–H and O–H groups in total. The first-order chi connectivity index (χ1) is 10.1. The highest BCUT2D eigenvalue weighted by Gasteiger charge is 2.45. The minimum atomic E-state index is -0.616. The van der Waals surface area contributed by atoms with Gasteiger partial charge >= 0.3 is 0 Å². The number of amides is 1. The van der Waals surface area contributed by atoms with Crippen molar-refractivity contribution in [2.45, 2.75) is 31.6 Å². The van der Waals surface area contributed by atoms with Crippen molar-refractivity contribution in [2.75, 3.05) is 5.32 Å². The van der Waals surface area contributed by atoms with Gasteiger partial charge in [-0.3, -0.25) is 4.79 Å². The summed E-state index contributed by atoms with van der Waals surface area (Å²) < 4.78 is 13.4. The van der Waals surface area contributed by atoms with E-state index in [2.05, 4.69) is 10.3 Å². The van der Waals surface area contributed by atoms with Crippen LogP contribution in [0, 0.1) is 12.7 Å². The van der Waals surface area contributed by atoms with Crippen molar-refractivity contribution in [1.82, 2.24) is 4.98 Å². The van der Waals surface area contributed by atoms with E-state index in [4.69, 9.17) is 0 Å². The molecule has 1 aromatic heterocycles. The molecule has 0 radical (unpaired) electrons. The van der Waals surface area contributed by atoms with E-state index in [9.17, 15) is 9.18 Å². The summed E-state index contributed by atoms with van der Waals surface area (Å²) in [6, 6.07) is 10.0. The van der Waals surface area contributed by atoms with E-state index in [1.807, 2.05) is 19.1 Å². The van der Waals surface area contributed by atoms with E-state index in [-0.39, 0.29) is 11.7 Å². The molecule has 0 saturated heterocycles. The summed E-state index contributed by atoms with van der Waals surface area (Å²) in [5.74, 6) is 0.129. The molecule has 3 nitrogen and oxygen atoms in total. The second-order valence-electron chi connectivity index (χ2n) is 5.62. The summed E-state index contributed by atoms with van der Waals surface area (Å²) >= 11 is 0. The highest BCUT2D eigenvalue weighted by Crippen LogP contribution is 2.44. The Bertz CT molecular complexity index is 663. The average Bonchev–Trinajstić information content (AvgIpc) is 2.40. The van der Waals surface area contributed by atoms with Crippen LogP contribution in [0.4, 0.5) is 10.2 Å². The van der Waals surface area contributed by atoms with Crippen molar-refractivity contribution in [3.05, 3.63) is 59.5 Å². The van der Waals surface area contributed by atoms with E-state index in [1.54, 1.807) is 18.3 Å². The number of rotatable bonds is 3. The Kier molecular flexibility index (Phi) is 3.45. The van der Waals surface area contributed by atoms with Crippen LogP contribution in [0.5, 0.6) is 0 Å². The van der Waals surface area contributed by atoms with Gasteiger partial charge in [0.25, 0.3) is 0 Å². The number of benzene rings is 1. The summed E-state index contributed by atoms with van der Waals surface area (Å²) in [7, 11) is 0. The third-order valence-electron chi connectivity index (χ3n) is 4.17. The van der Waals surface area contributed by atoms with E-state index < -0.39 is 5.41 Å². The standard InChI is InChI=1S/C17H17FN2O/c1-12-6-7-15(19-11-12)20-16(21)17(8-3-9-17)13-4-2-5-14(18)10-13/h2,4-7,10-11H,3,8-9H2,1H3,(H,19,20,21). The van der Waals surface area contributed by atoms with Crippen LogP contribution in [0.1, 0.15) is 30.4 Å². The van der Waals surface area contributed by atoms with Crippen molar-refractivity contribution in [3.63, 3.8) is 0 Å². The molecule has 1 fully saturated rings. The normalized spacial score (nSPS) is 16.1. The Balaban J connectivity index is 1.85. The topological polar surface area (TPSA) is 42.0 Å². The first-order valence-electron chi connectivity index (χ1n) is 7.10. The number of hydrogen-bond acceptors (Lipinski definition) is 2. The fraction of sp³-hybridized carbons (Fsp3) is 0.294. The molecule has 2 aromatic rings. The molecule has 0 atom stereocenters. The predicted octanol–water partition coefficient (Wildman–Crippen LogP) is 3.59. The molecule has 1 aliphatic rings. The van der Waals surface area contributed by atoms with Crippen LogP contribution in [0.3, 0.4) is 0 Å². The molecule has 0 spiro atoms. The smallest absolute Gasteiger partial charge is 0.236 e. The lowest BCUT2D eigenvalue weighted by Crippen LogP contribution is -2.46. The Morgan fingerprint density at radius 1 is 1.29 bits per heavy atom. The number of hydrogen-bond donors (Lipinski definition) is 1. The second-order valence-corrected chi connectivity index (χ2v) is 5.62. The summed E-state index contributed by atoms with van der Waals surface area (Å²) in [6.07, 6.45) is 4.18. The average molecular weight is 284 g/mol. The molecule has 1 saturated carbocycles. The van der Waals surface area contributed by atoms with Gasteiger partial charge in [0, 0.05) is 6.20 Å². The number of pyridine rings is 1. The number of halogens is 1. The largest absolute Gasteiger partial charge is 0.310 e. The predicted molar refractivity (Wildman–Crippen MR) is 79.5 cm³/mol. The van der Waals surface area contributed by atoms with E-state index in [0.29, 0.717) is 5.82 Å². The van der Waals surface area contributed by atoms with Gasteiger partial charge in [0.1, 0.15) is 11.6 Å². The summed E-state index contributed by atoms with van der Waals surface area (Å²) in [6.45, 7) is 1.94. The number of aryl methyl sites for hydroxylation is 1. The van der Waals surface area contributed by atoms with E-state index in [0.717, 1.165) is 30.4 Å². The summed E-state index contributed by atoms with van der Waals surface area (Å²) in [4.78, 5) is 16.8. The van der Waals surface area contributed by atoms with Gasteiger partial charge in [-0.1, -0.05) is 24.6 Å². The van der Waals surface area contributed by atoms with Gasteiger partial charge in [-0.05, 0) is 49.1 Å². The van der Waals surface area contributed by atoms with Crippen molar-refractivity contribution in [3.8, 4) is 0 Å². The zero-order valence-corrected chi connectivity index (χ0v) is 11.9. The summed E-state index contributed by atoms with van der Waals surface area (Å²) in [5, 5.41) is 2.86. The van der Waals surface area contributed by atoms with Crippen LogP contribution in [-0.4, -0.2) is 10.9 Å². The Hall–Kier alpha value is -2.23. The van der Waals surface area contributed by atoms with Crippen molar-refractivity contribution in [1.29, 1.82) is 0 Å². The number of aromatic nitrogens is 1.